The molecule has 5 nitrogen and oxygen atoms in total. The van der Waals surface area contributed by atoms with Gasteiger partial charge in [-0.25, -0.2) is 4.98 Å². The molecule has 7 heteroatoms. The van der Waals surface area contributed by atoms with Crippen LogP contribution in [0.15, 0.2) is 39.8 Å². The molecule has 1 heterocycles. The van der Waals surface area contributed by atoms with Crippen molar-refractivity contribution in [1.29, 1.82) is 0 Å². The van der Waals surface area contributed by atoms with Crippen molar-refractivity contribution >= 4 is 33.5 Å². The van der Waals surface area contributed by atoms with Crippen LogP contribution >= 0.6 is 27.7 Å². The molecule has 0 N–H and O–H groups in total. The molecular weight excluding hydrogens is 356 g/mol. The lowest BCUT2D eigenvalue weighted by Crippen LogP contribution is -2.09. The third kappa shape index (κ3) is 4.18. The van der Waals surface area contributed by atoms with Gasteiger partial charge in [-0.05, 0) is 18.2 Å². The number of ether oxygens (including phenoxy) is 2. The molecular formula is C14H13BrN2O3S. The zero-order valence-electron chi connectivity index (χ0n) is 11.5. The Hall–Kier alpha value is -1.60. The molecule has 0 atom stereocenters. The Labute approximate surface area is 135 Å². The van der Waals surface area contributed by atoms with E-state index in [0.29, 0.717) is 5.88 Å². The van der Waals surface area contributed by atoms with Gasteiger partial charge in [-0.2, -0.15) is 4.98 Å². The first kappa shape index (κ1) is 15.8. The van der Waals surface area contributed by atoms with Crippen LogP contribution in [0.25, 0.3) is 0 Å². The minimum atomic E-state index is -0.146. The van der Waals surface area contributed by atoms with Gasteiger partial charge in [0.15, 0.2) is 11.5 Å². The fraction of sp³-hybridized carbons (Fsp3) is 0.214. The molecule has 0 fully saturated rings. The Kier molecular flexibility index (Phi) is 5.58. The second kappa shape index (κ2) is 7.42. The minimum Gasteiger partial charge on any atom is -0.480 e. The Balaban J connectivity index is 2.10. The molecule has 21 heavy (non-hydrogen) atoms. The van der Waals surface area contributed by atoms with E-state index in [2.05, 4.69) is 25.9 Å². The first-order chi connectivity index (χ1) is 10.1. The summed E-state index contributed by atoms with van der Waals surface area (Å²) in [6.07, 6.45) is 1.40. The standard InChI is InChI=1S/C14H13BrN2O3S/c1-19-12-7-16-13(14(17-12)20-2)11(18)8-21-10-5-3-4-9(15)6-10/h3-7H,8H2,1-2H3. The van der Waals surface area contributed by atoms with Crippen LogP contribution in [0.3, 0.4) is 0 Å². The van der Waals surface area contributed by atoms with E-state index in [4.69, 9.17) is 9.47 Å². The fourth-order valence-electron chi connectivity index (χ4n) is 1.56. The number of hydrogen-bond acceptors (Lipinski definition) is 6. The number of halogens is 1. The number of benzene rings is 1. The molecule has 0 aliphatic carbocycles. The van der Waals surface area contributed by atoms with Crippen molar-refractivity contribution in [1.82, 2.24) is 9.97 Å². The topological polar surface area (TPSA) is 61.3 Å². The Morgan fingerprint density at radius 3 is 2.81 bits per heavy atom. The predicted octanol–water partition coefficient (Wildman–Crippen LogP) is 3.23. The molecule has 110 valence electrons. The van der Waals surface area contributed by atoms with Crippen molar-refractivity contribution in [2.45, 2.75) is 4.90 Å². The lowest BCUT2D eigenvalue weighted by atomic mass is 10.3. The molecule has 1 aromatic heterocycles. The summed E-state index contributed by atoms with van der Waals surface area (Å²) < 4.78 is 11.0. The van der Waals surface area contributed by atoms with Crippen LogP contribution in [0.4, 0.5) is 0 Å². The molecule has 0 spiro atoms. The number of nitrogens with zero attached hydrogens (tertiary/aromatic N) is 2. The second-order valence-corrected chi connectivity index (χ2v) is 5.90. The number of aromatic nitrogens is 2. The number of ketones is 1. The van der Waals surface area contributed by atoms with Crippen molar-refractivity contribution in [2.24, 2.45) is 0 Å². The van der Waals surface area contributed by atoms with Gasteiger partial charge < -0.3 is 9.47 Å². The molecule has 0 saturated heterocycles. The van der Waals surface area contributed by atoms with Crippen LogP contribution in [0.5, 0.6) is 11.8 Å². The monoisotopic (exact) mass is 368 g/mol. The highest BCUT2D eigenvalue weighted by Gasteiger charge is 2.17. The van der Waals surface area contributed by atoms with Crippen molar-refractivity contribution in [2.75, 3.05) is 20.0 Å². The zero-order valence-corrected chi connectivity index (χ0v) is 13.9. The Bertz CT molecular complexity index is 652. The van der Waals surface area contributed by atoms with E-state index in [1.54, 1.807) is 0 Å². The van der Waals surface area contributed by atoms with E-state index < -0.39 is 0 Å². The van der Waals surface area contributed by atoms with Gasteiger partial charge in [0.25, 0.3) is 0 Å². The van der Waals surface area contributed by atoms with Crippen LogP contribution in [0.1, 0.15) is 10.5 Å². The number of methoxy groups -OCH3 is 2. The van der Waals surface area contributed by atoms with E-state index in [0.717, 1.165) is 9.37 Å². The number of carbonyl (C=O) groups is 1. The van der Waals surface area contributed by atoms with Gasteiger partial charge in [-0.1, -0.05) is 22.0 Å². The molecule has 0 radical (unpaired) electrons. The smallest absolute Gasteiger partial charge is 0.246 e. The molecule has 2 aromatic rings. The highest BCUT2D eigenvalue weighted by Crippen LogP contribution is 2.24. The highest BCUT2D eigenvalue weighted by atomic mass is 79.9. The normalized spacial score (nSPS) is 10.2. The summed E-state index contributed by atoms with van der Waals surface area (Å²) in [4.78, 5) is 21.3. The molecule has 0 bridgehead atoms. The molecule has 0 aliphatic heterocycles. The molecule has 2 rings (SSSR count). The summed E-state index contributed by atoms with van der Waals surface area (Å²) in [5.74, 6) is 0.595. The third-order valence-corrected chi connectivity index (χ3v) is 4.04. The summed E-state index contributed by atoms with van der Waals surface area (Å²) in [6.45, 7) is 0. The van der Waals surface area contributed by atoms with Gasteiger partial charge in [0.05, 0.1) is 26.2 Å². The first-order valence-corrected chi connectivity index (χ1v) is 7.78. The molecule has 0 saturated carbocycles. The van der Waals surface area contributed by atoms with Crippen molar-refractivity contribution in [3.63, 3.8) is 0 Å². The zero-order chi connectivity index (χ0) is 15.2. The third-order valence-electron chi connectivity index (χ3n) is 2.55. The van der Waals surface area contributed by atoms with E-state index >= 15 is 0 Å². The van der Waals surface area contributed by atoms with E-state index in [-0.39, 0.29) is 23.1 Å². The largest absolute Gasteiger partial charge is 0.480 e. The SMILES string of the molecule is COc1cnc(C(=O)CSc2cccc(Br)c2)c(OC)n1. The van der Waals surface area contributed by atoms with Crippen molar-refractivity contribution in [3.05, 3.63) is 40.6 Å². The maximum Gasteiger partial charge on any atom is 0.246 e. The summed E-state index contributed by atoms with van der Waals surface area (Å²) in [7, 11) is 2.93. The number of hydrogen-bond donors (Lipinski definition) is 0. The van der Waals surface area contributed by atoms with Gasteiger partial charge >= 0.3 is 0 Å². The summed E-state index contributed by atoms with van der Waals surface area (Å²) in [5, 5.41) is 0. The van der Waals surface area contributed by atoms with Crippen LogP contribution in [0.2, 0.25) is 0 Å². The lowest BCUT2D eigenvalue weighted by Gasteiger charge is -2.07. The van der Waals surface area contributed by atoms with E-state index in [9.17, 15) is 4.79 Å². The number of Topliss-reactive ketones (excluding diaryl/α,β-unsaturated/α-hetero) is 1. The van der Waals surface area contributed by atoms with Crippen LogP contribution in [-0.2, 0) is 0 Å². The summed E-state index contributed by atoms with van der Waals surface area (Å²) in [5.41, 5.74) is 0.209. The molecule has 0 unspecified atom stereocenters. The second-order valence-electron chi connectivity index (χ2n) is 3.94. The van der Waals surface area contributed by atoms with Gasteiger partial charge in [-0.3, -0.25) is 4.79 Å². The van der Waals surface area contributed by atoms with E-state index in [1.807, 2.05) is 24.3 Å². The van der Waals surface area contributed by atoms with Crippen molar-refractivity contribution < 1.29 is 14.3 Å². The maximum absolute atomic E-state index is 12.2. The first-order valence-electron chi connectivity index (χ1n) is 6.00. The van der Waals surface area contributed by atoms with Gasteiger partial charge in [0.1, 0.15) is 0 Å². The average molecular weight is 369 g/mol. The molecule has 0 amide bonds. The number of thioether (sulfide) groups is 1. The number of carbonyl (C=O) groups excluding carboxylic acids is 1. The molecule has 1 aromatic carbocycles. The van der Waals surface area contributed by atoms with Crippen LogP contribution < -0.4 is 9.47 Å². The predicted molar refractivity (Wildman–Crippen MR) is 84.3 cm³/mol. The van der Waals surface area contributed by atoms with Gasteiger partial charge in [-0.15, -0.1) is 11.8 Å². The Morgan fingerprint density at radius 2 is 2.14 bits per heavy atom. The van der Waals surface area contributed by atoms with Crippen LogP contribution in [0, 0.1) is 0 Å². The average Bonchev–Trinajstić information content (AvgIpc) is 2.52. The fourth-order valence-corrected chi connectivity index (χ4v) is 2.93. The highest BCUT2D eigenvalue weighted by molar-refractivity contribution is 9.10. The quantitative estimate of drug-likeness (QED) is 0.576. The van der Waals surface area contributed by atoms with Gasteiger partial charge in [0.2, 0.25) is 11.8 Å². The van der Waals surface area contributed by atoms with Crippen LogP contribution in [-0.4, -0.2) is 35.7 Å². The van der Waals surface area contributed by atoms with E-state index in [1.165, 1.54) is 32.2 Å². The maximum atomic E-state index is 12.2. The minimum absolute atomic E-state index is 0.146. The summed E-state index contributed by atoms with van der Waals surface area (Å²) >= 11 is 4.83. The Morgan fingerprint density at radius 1 is 1.33 bits per heavy atom. The van der Waals surface area contributed by atoms with Crippen molar-refractivity contribution in [3.8, 4) is 11.8 Å². The van der Waals surface area contributed by atoms with Gasteiger partial charge in [0, 0.05) is 9.37 Å². The number of rotatable bonds is 6. The lowest BCUT2D eigenvalue weighted by molar-refractivity contribution is 0.101. The molecule has 0 aliphatic rings. The summed E-state index contributed by atoms with van der Waals surface area (Å²) in [6, 6.07) is 7.75.